The third-order valence-electron chi connectivity index (χ3n) is 6.12. The number of aryl methyl sites for hydroxylation is 1. The van der Waals surface area contributed by atoms with Crippen molar-refractivity contribution in [2.75, 3.05) is 12.0 Å². The van der Waals surface area contributed by atoms with Gasteiger partial charge in [-0.2, -0.15) is 11.8 Å². The Labute approximate surface area is 255 Å². The maximum atomic E-state index is 13.6. The van der Waals surface area contributed by atoms with E-state index in [0.717, 1.165) is 32.1 Å². The molecule has 1 unspecified atom stereocenters. The molecule has 0 saturated heterocycles. The van der Waals surface area contributed by atoms with Crippen molar-refractivity contribution in [1.29, 1.82) is 0 Å². The third-order valence-corrected chi connectivity index (χ3v) is 7.78. The van der Waals surface area contributed by atoms with E-state index < -0.39 is 17.9 Å². The summed E-state index contributed by atoms with van der Waals surface area (Å²) in [5.74, 6) is -1.16. The number of thiazole rings is 1. The Morgan fingerprint density at radius 2 is 1.90 bits per heavy atom. The molecule has 0 fully saturated rings. The largest absolute Gasteiger partial charge is 1.00 e. The van der Waals surface area contributed by atoms with E-state index in [9.17, 15) is 19.1 Å². The number of amides is 1. The molecule has 1 atom stereocenters. The number of ether oxygens (including phenoxy) is 1. The second-order valence-electron chi connectivity index (χ2n) is 8.98. The zero-order chi connectivity index (χ0) is 27.8. The summed E-state index contributed by atoms with van der Waals surface area (Å²) >= 11 is 2.98. The Balaban J connectivity index is 0.00000294. The number of carboxylic acids is 1. The first-order valence-corrected chi connectivity index (χ1v) is 14.6. The molecule has 0 aliphatic carbocycles. The van der Waals surface area contributed by atoms with E-state index in [4.69, 9.17) is 4.74 Å². The summed E-state index contributed by atoms with van der Waals surface area (Å²) in [6.45, 7) is 2.61. The smallest absolute Gasteiger partial charge is 1.00 e. The number of nitrogens with zero attached hydrogens (tertiary/aromatic N) is 1. The molecule has 10 heteroatoms. The fourth-order valence-electron chi connectivity index (χ4n) is 4.10. The monoisotopic (exact) mass is 572 g/mol. The molecule has 1 heterocycles. The molecule has 0 radical (unpaired) electrons. The van der Waals surface area contributed by atoms with E-state index in [2.05, 4.69) is 10.3 Å². The van der Waals surface area contributed by atoms with Gasteiger partial charge in [-0.3, -0.25) is 4.79 Å². The van der Waals surface area contributed by atoms with Gasteiger partial charge in [-0.25, -0.2) is 14.2 Å². The van der Waals surface area contributed by atoms with Crippen LogP contribution < -0.4 is 24.2 Å². The zero-order valence-corrected chi connectivity index (χ0v) is 24.3. The fraction of sp³-hybridized carbons (Fsp3) is 0.233. The number of aliphatic carboxylic acids is 1. The third kappa shape index (κ3) is 8.29. The van der Waals surface area contributed by atoms with Gasteiger partial charge in [-0.05, 0) is 71.9 Å². The first kappa shape index (κ1) is 31.6. The summed E-state index contributed by atoms with van der Waals surface area (Å²) in [4.78, 5) is 30.2. The Morgan fingerprint density at radius 1 is 1.10 bits per heavy atom. The molecule has 1 aromatic heterocycles. The van der Waals surface area contributed by atoms with Gasteiger partial charge in [0.2, 0.25) is 0 Å². The van der Waals surface area contributed by atoms with Crippen molar-refractivity contribution < 1.29 is 44.1 Å². The first-order valence-electron chi connectivity index (χ1n) is 12.4. The van der Waals surface area contributed by atoms with Crippen molar-refractivity contribution in [3.63, 3.8) is 0 Å². The summed E-state index contributed by atoms with van der Waals surface area (Å²) in [6.07, 6.45) is 3.97. The predicted molar refractivity (Wildman–Crippen MR) is 156 cm³/mol. The van der Waals surface area contributed by atoms with Crippen molar-refractivity contribution in [2.24, 2.45) is 0 Å². The van der Waals surface area contributed by atoms with E-state index in [1.54, 1.807) is 18.3 Å². The van der Waals surface area contributed by atoms with Crippen molar-refractivity contribution in [2.45, 2.75) is 32.6 Å². The van der Waals surface area contributed by atoms with Crippen molar-refractivity contribution in [3.05, 3.63) is 100 Å². The van der Waals surface area contributed by atoms with E-state index in [0.29, 0.717) is 36.5 Å². The standard InChI is InChI=1S/C30H29FN2O4S2.Li.H/c1-19-6-3-4-9-24(19)26-14-20(10-11-25(26)28(34)33-27(30(35)36)12-13-38-2)17-37-18-23-16-32-29(39-23)21-7-5-8-22(31)15-21;;/h3-11,14-16,27H,12-13,17-18H2,1-2H3,(H,33,34)(H,35,36);;/q;+1;-1. The molecule has 4 aromatic rings. The van der Waals surface area contributed by atoms with E-state index in [1.165, 1.54) is 35.2 Å². The number of aromatic nitrogens is 1. The summed E-state index contributed by atoms with van der Waals surface area (Å²) in [5, 5.41) is 13.0. The quantitative estimate of drug-likeness (QED) is 0.252. The number of halogens is 1. The normalized spacial score (nSPS) is 11.5. The van der Waals surface area contributed by atoms with Gasteiger partial charge in [-0.15, -0.1) is 11.3 Å². The van der Waals surface area contributed by atoms with Crippen LogP contribution >= 0.6 is 23.1 Å². The Bertz CT molecular complexity index is 1470. The van der Waals surface area contributed by atoms with Gasteiger partial charge in [0.05, 0.1) is 18.1 Å². The van der Waals surface area contributed by atoms with E-state index >= 15 is 0 Å². The number of thioether (sulfide) groups is 1. The van der Waals surface area contributed by atoms with E-state index in [1.807, 2.05) is 55.6 Å². The van der Waals surface area contributed by atoms with Crippen LogP contribution in [0, 0.1) is 12.7 Å². The van der Waals surface area contributed by atoms with Crippen LogP contribution in [0.3, 0.4) is 0 Å². The molecule has 2 N–H and O–H groups in total. The Morgan fingerprint density at radius 3 is 2.62 bits per heavy atom. The molecule has 0 aliphatic heterocycles. The molecule has 0 bridgehead atoms. The maximum Gasteiger partial charge on any atom is 1.00 e. The van der Waals surface area contributed by atoms with Crippen molar-refractivity contribution in [1.82, 2.24) is 10.3 Å². The second-order valence-corrected chi connectivity index (χ2v) is 11.1. The number of carbonyl (C=O) groups excluding carboxylic acids is 1. The minimum absolute atomic E-state index is 0. The minimum Gasteiger partial charge on any atom is -1.00 e. The summed E-state index contributed by atoms with van der Waals surface area (Å²) < 4.78 is 19.5. The molecule has 40 heavy (non-hydrogen) atoms. The van der Waals surface area contributed by atoms with Crippen LogP contribution in [0.1, 0.15) is 34.2 Å². The molecule has 0 spiro atoms. The van der Waals surface area contributed by atoms with Crippen LogP contribution in [-0.4, -0.2) is 40.0 Å². The van der Waals surface area contributed by atoms with Crippen LogP contribution in [0.5, 0.6) is 0 Å². The average Bonchev–Trinajstić information content (AvgIpc) is 3.40. The number of hydrogen-bond donors (Lipinski definition) is 2. The fourth-order valence-corrected chi connectivity index (χ4v) is 5.42. The molecule has 6 nitrogen and oxygen atoms in total. The average molecular weight is 573 g/mol. The topological polar surface area (TPSA) is 88.5 Å². The second kappa shape index (κ2) is 15.2. The first-order chi connectivity index (χ1) is 18.9. The molecule has 0 aliphatic rings. The summed E-state index contributed by atoms with van der Waals surface area (Å²) in [5.41, 5.74) is 4.61. The van der Waals surface area contributed by atoms with Gasteiger partial charge in [0.1, 0.15) is 16.9 Å². The molecular weight excluding hydrogens is 542 g/mol. The number of rotatable bonds is 12. The molecule has 204 valence electrons. The SMILES string of the molecule is CSCCC(NC(=O)c1ccc(COCc2cnc(-c3cccc(F)c3)s2)cc1-c1ccccc1C)C(=O)O.[H-].[Li+]. The van der Waals surface area contributed by atoms with Gasteiger partial charge >= 0.3 is 24.8 Å². The van der Waals surface area contributed by atoms with Gasteiger partial charge in [-0.1, -0.05) is 42.5 Å². The number of benzene rings is 3. The van der Waals surface area contributed by atoms with Gasteiger partial charge in [0, 0.05) is 17.3 Å². The van der Waals surface area contributed by atoms with Crippen LogP contribution in [0.15, 0.2) is 72.9 Å². The zero-order valence-electron chi connectivity index (χ0n) is 23.6. The number of nitrogens with one attached hydrogen (secondary N) is 1. The predicted octanol–water partition coefficient (Wildman–Crippen LogP) is 3.69. The van der Waals surface area contributed by atoms with E-state index in [-0.39, 0.29) is 26.1 Å². The summed E-state index contributed by atoms with van der Waals surface area (Å²) in [6, 6.07) is 18.6. The van der Waals surface area contributed by atoms with Gasteiger partial charge < -0.3 is 16.6 Å². The molecule has 0 saturated carbocycles. The number of carbonyl (C=O) groups is 2. The van der Waals surface area contributed by atoms with Crippen LogP contribution in [-0.2, 0) is 22.7 Å². The van der Waals surface area contributed by atoms with Crippen molar-refractivity contribution >= 4 is 35.0 Å². The molecular formula is C30H30FLiN2O4S2. The number of hydrogen-bond acceptors (Lipinski definition) is 6. The maximum absolute atomic E-state index is 13.6. The Hall–Kier alpha value is -2.93. The molecule has 1 amide bonds. The molecule has 4 rings (SSSR count). The van der Waals surface area contributed by atoms with Crippen LogP contribution in [0.2, 0.25) is 0 Å². The van der Waals surface area contributed by atoms with Crippen molar-refractivity contribution in [3.8, 4) is 21.7 Å². The Kier molecular flexibility index (Phi) is 12.0. The number of carboxylic acid groups (broad SMARTS) is 1. The van der Waals surface area contributed by atoms with Gasteiger partial charge in [0.25, 0.3) is 5.91 Å². The van der Waals surface area contributed by atoms with Gasteiger partial charge in [0.15, 0.2) is 0 Å². The van der Waals surface area contributed by atoms with Crippen LogP contribution in [0.4, 0.5) is 4.39 Å². The molecule has 3 aromatic carbocycles. The summed E-state index contributed by atoms with van der Waals surface area (Å²) in [7, 11) is 0. The minimum atomic E-state index is -1.05. The van der Waals surface area contributed by atoms with Crippen LogP contribution in [0.25, 0.3) is 21.7 Å².